The van der Waals surface area contributed by atoms with E-state index in [0.29, 0.717) is 24.7 Å². The molecule has 0 spiro atoms. The van der Waals surface area contributed by atoms with E-state index < -0.39 is 0 Å². The fraction of sp³-hybridized carbons (Fsp3) is 0.632. The van der Waals surface area contributed by atoms with E-state index in [1.165, 1.54) is 0 Å². The molecular formula is C19H24ClNO3. The van der Waals surface area contributed by atoms with Crippen LogP contribution in [0.1, 0.15) is 37.7 Å². The highest BCUT2D eigenvalue weighted by atomic mass is 35.5. The monoisotopic (exact) mass is 349 g/mol. The average molecular weight is 350 g/mol. The Morgan fingerprint density at radius 1 is 1.25 bits per heavy atom. The Morgan fingerprint density at radius 3 is 2.67 bits per heavy atom. The third kappa shape index (κ3) is 2.75. The third-order valence-electron chi connectivity index (χ3n) is 5.97. The smallest absolute Gasteiger partial charge is 0.233 e. The van der Waals surface area contributed by atoms with Crippen LogP contribution in [-0.4, -0.2) is 47.8 Å². The van der Waals surface area contributed by atoms with Gasteiger partial charge in [0.25, 0.3) is 0 Å². The van der Waals surface area contributed by atoms with Gasteiger partial charge in [-0.2, -0.15) is 0 Å². The van der Waals surface area contributed by atoms with Crippen LogP contribution < -0.4 is 0 Å². The zero-order valence-electron chi connectivity index (χ0n) is 13.8. The standard InChI is InChI=1S/C19H24ClNO3/c20-14-5-3-13(4-6-14)19(8-9-19)18(23)21-10-1-2-16(21)15-12-24-11-7-17(15)22/h3-6,15-17,22H,1-2,7-12H2. The van der Waals surface area contributed by atoms with Gasteiger partial charge in [-0.1, -0.05) is 23.7 Å². The summed E-state index contributed by atoms with van der Waals surface area (Å²) in [5, 5.41) is 11.1. The second kappa shape index (κ2) is 6.32. The van der Waals surface area contributed by atoms with Crippen LogP contribution in [0.4, 0.5) is 0 Å². The van der Waals surface area contributed by atoms with Crippen molar-refractivity contribution in [3.63, 3.8) is 0 Å². The van der Waals surface area contributed by atoms with Crippen molar-refractivity contribution in [1.29, 1.82) is 0 Å². The Kier molecular flexibility index (Phi) is 4.31. The van der Waals surface area contributed by atoms with E-state index in [2.05, 4.69) is 0 Å². The molecule has 5 heteroatoms. The van der Waals surface area contributed by atoms with Gasteiger partial charge in [0.05, 0.1) is 18.1 Å². The molecule has 1 aromatic carbocycles. The zero-order chi connectivity index (χ0) is 16.7. The van der Waals surface area contributed by atoms with Crippen LogP contribution >= 0.6 is 11.6 Å². The van der Waals surface area contributed by atoms with Crippen LogP contribution in [0.5, 0.6) is 0 Å². The Hall–Kier alpha value is -1.10. The fourth-order valence-electron chi connectivity index (χ4n) is 4.40. The van der Waals surface area contributed by atoms with Crippen LogP contribution in [0, 0.1) is 5.92 Å². The van der Waals surface area contributed by atoms with Crippen molar-refractivity contribution in [3.8, 4) is 0 Å². The maximum absolute atomic E-state index is 13.3. The van der Waals surface area contributed by atoms with Crippen molar-refractivity contribution in [1.82, 2.24) is 4.90 Å². The van der Waals surface area contributed by atoms with Crippen LogP contribution in [0.15, 0.2) is 24.3 Å². The van der Waals surface area contributed by atoms with Gasteiger partial charge < -0.3 is 14.7 Å². The van der Waals surface area contributed by atoms with Gasteiger partial charge in [-0.15, -0.1) is 0 Å². The van der Waals surface area contributed by atoms with Crippen molar-refractivity contribution in [3.05, 3.63) is 34.9 Å². The number of aliphatic hydroxyl groups is 1. The number of carbonyl (C=O) groups excluding carboxylic acids is 1. The maximum atomic E-state index is 13.3. The van der Waals surface area contributed by atoms with E-state index in [-0.39, 0.29) is 29.4 Å². The molecule has 4 nitrogen and oxygen atoms in total. The molecule has 3 aliphatic rings. The van der Waals surface area contributed by atoms with Crippen molar-refractivity contribution >= 4 is 17.5 Å². The van der Waals surface area contributed by atoms with Gasteiger partial charge in [0.15, 0.2) is 0 Å². The lowest BCUT2D eigenvalue weighted by atomic mass is 9.87. The summed E-state index contributed by atoms with van der Waals surface area (Å²) in [5.74, 6) is 0.274. The second-order valence-electron chi connectivity index (χ2n) is 7.39. The van der Waals surface area contributed by atoms with Crippen molar-refractivity contribution in [2.45, 2.75) is 49.7 Å². The molecule has 1 amide bonds. The van der Waals surface area contributed by atoms with Crippen molar-refractivity contribution in [2.24, 2.45) is 5.92 Å². The van der Waals surface area contributed by atoms with E-state index in [1.54, 1.807) is 0 Å². The minimum atomic E-state index is -0.367. The minimum Gasteiger partial charge on any atom is -0.393 e. The summed E-state index contributed by atoms with van der Waals surface area (Å²) in [5.41, 5.74) is 0.705. The maximum Gasteiger partial charge on any atom is 0.233 e. The number of rotatable bonds is 3. The first-order valence-corrected chi connectivity index (χ1v) is 9.32. The summed E-state index contributed by atoms with van der Waals surface area (Å²) < 4.78 is 5.58. The summed E-state index contributed by atoms with van der Waals surface area (Å²) in [6.45, 7) is 1.97. The molecule has 24 heavy (non-hydrogen) atoms. The van der Waals surface area contributed by atoms with E-state index in [0.717, 1.165) is 37.8 Å². The number of benzene rings is 1. The van der Waals surface area contributed by atoms with Gasteiger partial charge in [0.1, 0.15) is 0 Å². The molecule has 0 radical (unpaired) electrons. The Balaban J connectivity index is 1.56. The molecule has 1 aliphatic carbocycles. The topological polar surface area (TPSA) is 49.8 Å². The first kappa shape index (κ1) is 16.4. The second-order valence-corrected chi connectivity index (χ2v) is 7.83. The lowest BCUT2D eigenvalue weighted by molar-refractivity contribution is -0.139. The van der Waals surface area contributed by atoms with Crippen molar-refractivity contribution < 1.29 is 14.6 Å². The lowest BCUT2D eigenvalue weighted by Gasteiger charge is -2.38. The number of aliphatic hydroxyl groups excluding tert-OH is 1. The molecule has 1 saturated carbocycles. The summed E-state index contributed by atoms with van der Waals surface area (Å²) in [4.78, 5) is 15.4. The Morgan fingerprint density at radius 2 is 2.00 bits per heavy atom. The first-order chi connectivity index (χ1) is 11.6. The first-order valence-electron chi connectivity index (χ1n) is 8.95. The SMILES string of the molecule is O=C(N1CCCC1C1COCCC1O)C1(c2ccc(Cl)cc2)CC1. The molecule has 2 saturated heterocycles. The average Bonchev–Trinajstić information content (AvgIpc) is 3.26. The number of hydrogen-bond acceptors (Lipinski definition) is 3. The predicted octanol–water partition coefficient (Wildman–Crippen LogP) is 2.76. The van der Waals surface area contributed by atoms with E-state index in [9.17, 15) is 9.90 Å². The van der Waals surface area contributed by atoms with Crippen molar-refractivity contribution in [2.75, 3.05) is 19.8 Å². The van der Waals surface area contributed by atoms with E-state index in [4.69, 9.17) is 16.3 Å². The van der Waals surface area contributed by atoms with Gasteiger partial charge in [0, 0.05) is 30.1 Å². The molecule has 2 heterocycles. The molecule has 1 aromatic rings. The van der Waals surface area contributed by atoms with Crippen LogP contribution in [0.3, 0.4) is 0 Å². The number of carbonyl (C=O) groups is 1. The number of amides is 1. The van der Waals surface area contributed by atoms with Crippen LogP contribution in [0.2, 0.25) is 5.02 Å². The largest absolute Gasteiger partial charge is 0.393 e. The molecule has 3 unspecified atom stereocenters. The molecule has 130 valence electrons. The van der Waals surface area contributed by atoms with Crippen LogP contribution in [0.25, 0.3) is 0 Å². The number of ether oxygens (including phenoxy) is 1. The highest BCUT2D eigenvalue weighted by Gasteiger charge is 2.55. The quantitative estimate of drug-likeness (QED) is 0.912. The summed E-state index contributed by atoms with van der Waals surface area (Å²) >= 11 is 5.99. The van der Waals surface area contributed by atoms with Gasteiger partial charge >= 0.3 is 0 Å². The number of hydrogen-bond donors (Lipinski definition) is 1. The molecule has 0 bridgehead atoms. The number of halogens is 1. The minimum absolute atomic E-state index is 0.0474. The molecule has 3 fully saturated rings. The highest BCUT2D eigenvalue weighted by molar-refractivity contribution is 6.30. The van der Waals surface area contributed by atoms with Crippen LogP contribution in [-0.2, 0) is 14.9 Å². The zero-order valence-corrected chi connectivity index (χ0v) is 14.5. The van der Waals surface area contributed by atoms with Gasteiger partial charge in [-0.05, 0) is 49.8 Å². The normalized spacial score (nSPS) is 31.9. The fourth-order valence-corrected chi connectivity index (χ4v) is 4.53. The Bertz CT molecular complexity index is 614. The molecular weight excluding hydrogens is 326 g/mol. The van der Waals surface area contributed by atoms with E-state index >= 15 is 0 Å². The third-order valence-corrected chi connectivity index (χ3v) is 6.22. The van der Waals surface area contributed by atoms with Gasteiger partial charge in [-0.25, -0.2) is 0 Å². The van der Waals surface area contributed by atoms with E-state index in [1.807, 2.05) is 29.2 Å². The summed E-state index contributed by atoms with van der Waals surface area (Å²) in [6, 6.07) is 7.81. The molecule has 2 aliphatic heterocycles. The summed E-state index contributed by atoms with van der Waals surface area (Å²) in [7, 11) is 0. The highest BCUT2D eigenvalue weighted by Crippen LogP contribution is 2.51. The molecule has 4 rings (SSSR count). The molecule has 0 aromatic heterocycles. The predicted molar refractivity (Wildman–Crippen MR) is 92.0 cm³/mol. The Labute approximate surface area is 147 Å². The number of nitrogens with zero attached hydrogens (tertiary/aromatic N) is 1. The molecule has 3 atom stereocenters. The molecule has 1 N–H and O–H groups in total. The van der Waals surface area contributed by atoms with Gasteiger partial charge in [0.2, 0.25) is 5.91 Å². The van der Waals surface area contributed by atoms with Gasteiger partial charge in [-0.3, -0.25) is 4.79 Å². The summed E-state index contributed by atoms with van der Waals surface area (Å²) in [6.07, 6.45) is 4.10. The lowest BCUT2D eigenvalue weighted by Crippen LogP contribution is -2.50. The number of likely N-dealkylation sites (tertiary alicyclic amines) is 1.